The summed E-state index contributed by atoms with van der Waals surface area (Å²) in [6.07, 6.45) is -5.11. The first-order chi connectivity index (χ1) is 11.9. The Morgan fingerprint density at radius 1 is 1.08 bits per heavy atom. The van der Waals surface area contributed by atoms with Gasteiger partial charge in [-0.2, -0.15) is 0 Å². The minimum atomic E-state index is -1.68. The summed E-state index contributed by atoms with van der Waals surface area (Å²) in [6, 6.07) is 4.93. The molecule has 0 aromatic heterocycles. The van der Waals surface area contributed by atoms with Crippen LogP contribution in [0.15, 0.2) is 18.2 Å². The summed E-state index contributed by atoms with van der Waals surface area (Å²) in [5.41, 5.74) is 1.04. The summed E-state index contributed by atoms with van der Waals surface area (Å²) in [7, 11) is 1.52. The highest BCUT2D eigenvalue weighted by Crippen LogP contribution is 2.21. The number of methoxy groups -OCH3 is 1. The summed E-state index contributed by atoms with van der Waals surface area (Å²) < 4.78 is 15.5. The van der Waals surface area contributed by atoms with Gasteiger partial charge in [-0.05, 0) is 36.6 Å². The zero-order valence-corrected chi connectivity index (χ0v) is 14.0. The molecular formula is C17H24O8. The Balaban J connectivity index is 2.20. The molecule has 1 aromatic rings. The van der Waals surface area contributed by atoms with Gasteiger partial charge in [0, 0.05) is 6.61 Å². The van der Waals surface area contributed by atoms with E-state index < -0.39 is 37.0 Å². The molecule has 1 aliphatic rings. The third-order valence-electron chi connectivity index (χ3n) is 4.08. The molecule has 0 bridgehead atoms. The minimum absolute atomic E-state index is 0.185. The van der Waals surface area contributed by atoms with E-state index >= 15 is 0 Å². The second-order valence-corrected chi connectivity index (χ2v) is 5.92. The quantitative estimate of drug-likeness (QED) is 0.485. The molecule has 1 heterocycles. The maximum Gasteiger partial charge on any atom is 0.338 e. The first kappa shape index (κ1) is 19.6. The average Bonchev–Trinajstić information content (AvgIpc) is 2.63. The number of aliphatic hydroxyl groups excluding tert-OH is 4. The number of cyclic esters (lactones) is 1. The van der Waals surface area contributed by atoms with Gasteiger partial charge >= 0.3 is 5.97 Å². The van der Waals surface area contributed by atoms with Crippen LogP contribution in [0.4, 0.5) is 0 Å². The maximum absolute atomic E-state index is 12.3. The number of hydrogen-bond donors (Lipinski definition) is 4. The summed E-state index contributed by atoms with van der Waals surface area (Å²) >= 11 is 0. The number of rotatable bonds is 1. The van der Waals surface area contributed by atoms with Crippen molar-refractivity contribution in [3.05, 3.63) is 29.3 Å². The minimum Gasteiger partial charge on any atom is -0.497 e. The van der Waals surface area contributed by atoms with Crippen LogP contribution in [0.25, 0.3) is 0 Å². The van der Waals surface area contributed by atoms with E-state index in [0.717, 1.165) is 0 Å². The molecule has 4 atom stereocenters. The molecule has 0 saturated carbocycles. The lowest BCUT2D eigenvalue weighted by Crippen LogP contribution is -2.47. The highest BCUT2D eigenvalue weighted by molar-refractivity contribution is 5.91. The lowest BCUT2D eigenvalue weighted by atomic mass is 10.0. The molecule has 1 aliphatic heterocycles. The summed E-state index contributed by atoms with van der Waals surface area (Å²) in [5.74, 6) is -0.0560. The van der Waals surface area contributed by atoms with Crippen molar-refractivity contribution < 1.29 is 39.4 Å². The van der Waals surface area contributed by atoms with E-state index in [1.54, 1.807) is 18.2 Å². The second kappa shape index (κ2) is 9.12. The van der Waals surface area contributed by atoms with Gasteiger partial charge in [-0.3, -0.25) is 0 Å². The van der Waals surface area contributed by atoms with E-state index in [4.69, 9.17) is 14.2 Å². The molecule has 0 spiro atoms. The van der Waals surface area contributed by atoms with Gasteiger partial charge in [0.2, 0.25) is 0 Å². The SMILES string of the molecule is COc1ccc2c(c1)CCCOC[C@@H](O)[C@@H](O)[C@H](O)[C@@H](O)COC2=O. The Kier molecular flexibility index (Phi) is 7.15. The van der Waals surface area contributed by atoms with Crippen LogP contribution in [-0.2, 0) is 15.9 Å². The van der Waals surface area contributed by atoms with Crippen LogP contribution in [0, 0.1) is 0 Å². The fourth-order valence-electron chi connectivity index (χ4n) is 2.56. The average molecular weight is 356 g/mol. The van der Waals surface area contributed by atoms with E-state index in [9.17, 15) is 25.2 Å². The van der Waals surface area contributed by atoms with Gasteiger partial charge < -0.3 is 34.6 Å². The maximum atomic E-state index is 12.3. The van der Waals surface area contributed by atoms with Crippen molar-refractivity contribution in [2.75, 3.05) is 26.9 Å². The van der Waals surface area contributed by atoms with Gasteiger partial charge in [0.25, 0.3) is 0 Å². The van der Waals surface area contributed by atoms with Gasteiger partial charge in [-0.1, -0.05) is 0 Å². The van der Waals surface area contributed by atoms with Crippen LogP contribution >= 0.6 is 0 Å². The molecule has 4 N–H and O–H groups in total. The first-order valence-corrected chi connectivity index (χ1v) is 8.08. The lowest BCUT2D eigenvalue weighted by molar-refractivity contribution is -0.130. The molecule has 8 heteroatoms. The van der Waals surface area contributed by atoms with Crippen molar-refractivity contribution in [1.82, 2.24) is 0 Å². The molecule has 0 unspecified atom stereocenters. The number of benzene rings is 1. The van der Waals surface area contributed by atoms with E-state index in [-0.39, 0.29) is 13.2 Å². The second-order valence-electron chi connectivity index (χ2n) is 5.92. The first-order valence-electron chi connectivity index (χ1n) is 8.08. The number of esters is 1. The van der Waals surface area contributed by atoms with Gasteiger partial charge in [0.15, 0.2) is 0 Å². The highest BCUT2D eigenvalue weighted by atomic mass is 16.5. The number of aliphatic hydroxyl groups is 4. The number of hydrogen-bond acceptors (Lipinski definition) is 8. The smallest absolute Gasteiger partial charge is 0.338 e. The molecule has 0 radical (unpaired) electrons. The molecule has 1 aromatic carbocycles. The number of aryl methyl sites for hydroxylation is 1. The third-order valence-corrected chi connectivity index (χ3v) is 4.08. The molecule has 8 nitrogen and oxygen atoms in total. The zero-order valence-electron chi connectivity index (χ0n) is 14.0. The van der Waals surface area contributed by atoms with Gasteiger partial charge in [-0.25, -0.2) is 4.79 Å². The Morgan fingerprint density at radius 3 is 2.44 bits per heavy atom. The molecule has 25 heavy (non-hydrogen) atoms. The number of carbonyl (C=O) groups is 1. The van der Waals surface area contributed by atoms with Crippen LogP contribution in [0.1, 0.15) is 22.3 Å². The van der Waals surface area contributed by atoms with Gasteiger partial charge in [0.05, 0.1) is 19.3 Å². The molecule has 0 fully saturated rings. The Hall–Kier alpha value is -1.71. The number of carbonyl (C=O) groups excluding carboxylic acids is 1. The fourth-order valence-corrected chi connectivity index (χ4v) is 2.56. The van der Waals surface area contributed by atoms with Crippen LogP contribution in [0.2, 0.25) is 0 Å². The Bertz CT molecular complexity index is 576. The van der Waals surface area contributed by atoms with E-state index in [0.29, 0.717) is 29.7 Å². The molecule has 0 saturated heterocycles. The van der Waals surface area contributed by atoms with Crippen molar-refractivity contribution in [3.8, 4) is 5.75 Å². The topological polar surface area (TPSA) is 126 Å². The van der Waals surface area contributed by atoms with Crippen molar-refractivity contribution in [2.45, 2.75) is 37.3 Å². The van der Waals surface area contributed by atoms with E-state index in [1.807, 2.05) is 0 Å². The summed E-state index contributed by atoms with van der Waals surface area (Å²) in [6.45, 7) is -0.417. The third kappa shape index (κ3) is 5.13. The molecule has 140 valence electrons. The van der Waals surface area contributed by atoms with E-state index in [2.05, 4.69) is 0 Å². The van der Waals surface area contributed by atoms with Crippen LogP contribution in [-0.4, -0.2) is 77.7 Å². The normalized spacial score (nSPS) is 29.2. The van der Waals surface area contributed by atoms with Crippen molar-refractivity contribution in [1.29, 1.82) is 0 Å². The largest absolute Gasteiger partial charge is 0.497 e. The molecule has 0 aliphatic carbocycles. The van der Waals surface area contributed by atoms with Crippen LogP contribution < -0.4 is 4.74 Å². The van der Waals surface area contributed by atoms with Gasteiger partial charge in [0.1, 0.15) is 36.8 Å². The predicted octanol–water partition coefficient (Wildman–Crippen LogP) is -0.742. The summed E-state index contributed by atoms with van der Waals surface area (Å²) in [5, 5.41) is 39.3. The molecular weight excluding hydrogens is 332 g/mol. The zero-order chi connectivity index (χ0) is 18.4. The fraction of sp³-hybridized carbons (Fsp3) is 0.588. The van der Waals surface area contributed by atoms with Gasteiger partial charge in [-0.15, -0.1) is 0 Å². The highest BCUT2D eigenvalue weighted by Gasteiger charge is 2.31. The lowest BCUT2D eigenvalue weighted by Gasteiger charge is -2.26. The standard InChI is InChI=1S/C17H24O8/c1-23-11-4-5-12-10(7-11)3-2-6-24-8-13(18)15(20)16(21)14(19)9-25-17(12)22/h4-5,7,13-16,18-21H,2-3,6,8-9H2,1H3/t13-,14+,15-,16-/m1/s1. The monoisotopic (exact) mass is 356 g/mol. The van der Waals surface area contributed by atoms with Crippen LogP contribution in [0.3, 0.4) is 0 Å². The van der Waals surface area contributed by atoms with E-state index in [1.165, 1.54) is 7.11 Å². The Morgan fingerprint density at radius 2 is 1.76 bits per heavy atom. The summed E-state index contributed by atoms with van der Waals surface area (Å²) in [4.78, 5) is 12.3. The predicted molar refractivity (Wildman–Crippen MR) is 86.4 cm³/mol. The molecule has 2 rings (SSSR count). The number of fused-ring (bicyclic) bond motifs is 1. The van der Waals surface area contributed by atoms with Crippen LogP contribution in [0.5, 0.6) is 5.75 Å². The van der Waals surface area contributed by atoms with Crippen molar-refractivity contribution >= 4 is 5.97 Å². The number of ether oxygens (including phenoxy) is 3. The molecule has 0 amide bonds. The Labute approximate surface area is 145 Å². The van der Waals surface area contributed by atoms with Crippen molar-refractivity contribution in [2.24, 2.45) is 0 Å². The van der Waals surface area contributed by atoms with Crippen molar-refractivity contribution in [3.63, 3.8) is 0 Å².